The molecule has 0 spiro atoms. The van der Waals surface area contributed by atoms with Crippen LogP contribution in [0.3, 0.4) is 0 Å². The van der Waals surface area contributed by atoms with E-state index in [4.69, 9.17) is 10.5 Å². The minimum absolute atomic E-state index is 0.157. The molecule has 0 atom stereocenters. The van der Waals surface area contributed by atoms with Gasteiger partial charge in [0.1, 0.15) is 34.1 Å². The van der Waals surface area contributed by atoms with Gasteiger partial charge in [-0.3, -0.25) is 19.3 Å². The van der Waals surface area contributed by atoms with Gasteiger partial charge < -0.3 is 25.3 Å². The predicted molar refractivity (Wildman–Crippen MR) is 153 cm³/mol. The van der Waals surface area contributed by atoms with Crippen LogP contribution in [0.5, 0.6) is 11.5 Å². The summed E-state index contributed by atoms with van der Waals surface area (Å²) >= 11 is 0. The first-order chi connectivity index (χ1) is 19.6. The van der Waals surface area contributed by atoms with Gasteiger partial charge in [0.05, 0.1) is 5.39 Å². The molecule has 11 heteroatoms. The number of benzene rings is 2. The van der Waals surface area contributed by atoms with Gasteiger partial charge in [-0.1, -0.05) is 0 Å². The SMILES string of the molecule is CN(C)CCN(C)C(=O)c1cc2c(Oc3ccc(N(C(=O)C4(C(N)=O)CC4)c4ccc(F)cc4)cc3)ccnc2[nH]1. The Bertz CT molecular complexity index is 1600. The van der Waals surface area contributed by atoms with Crippen molar-refractivity contribution >= 4 is 40.1 Å². The van der Waals surface area contributed by atoms with E-state index in [1.54, 1.807) is 54.5 Å². The molecule has 3 amide bonds. The summed E-state index contributed by atoms with van der Waals surface area (Å²) in [6, 6.07) is 15.6. The number of aromatic amines is 1. The van der Waals surface area contributed by atoms with E-state index < -0.39 is 23.0 Å². The Kier molecular flexibility index (Phi) is 7.46. The van der Waals surface area contributed by atoms with Crippen LogP contribution in [0.25, 0.3) is 11.0 Å². The number of carbonyl (C=O) groups excluding carboxylic acids is 3. The summed E-state index contributed by atoms with van der Waals surface area (Å²) in [4.78, 5) is 51.0. The largest absolute Gasteiger partial charge is 0.457 e. The van der Waals surface area contributed by atoms with Gasteiger partial charge in [-0.05, 0) is 87.6 Å². The average Bonchev–Trinajstić information content (AvgIpc) is 3.66. The Morgan fingerprint density at radius 2 is 1.61 bits per heavy atom. The number of hydrogen-bond donors (Lipinski definition) is 2. The van der Waals surface area contributed by atoms with Crippen molar-refractivity contribution in [3.63, 3.8) is 0 Å². The molecular formula is C30H31FN6O4. The molecule has 0 bridgehead atoms. The zero-order valence-electron chi connectivity index (χ0n) is 23.1. The highest BCUT2D eigenvalue weighted by Gasteiger charge is 2.57. The first-order valence-electron chi connectivity index (χ1n) is 13.1. The normalized spacial score (nSPS) is 13.7. The molecule has 0 radical (unpaired) electrons. The lowest BCUT2D eigenvalue weighted by Gasteiger charge is -2.26. The van der Waals surface area contributed by atoms with Crippen molar-refractivity contribution in [3.05, 3.63) is 78.4 Å². The molecule has 1 aliphatic rings. The molecule has 0 aliphatic heterocycles. The third kappa shape index (κ3) is 5.62. The third-order valence-corrected chi connectivity index (χ3v) is 7.19. The molecule has 3 N–H and O–H groups in total. The van der Waals surface area contributed by atoms with Gasteiger partial charge in [0.15, 0.2) is 0 Å². The van der Waals surface area contributed by atoms with Gasteiger partial charge in [0.25, 0.3) is 5.91 Å². The molecule has 2 heterocycles. The van der Waals surface area contributed by atoms with Gasteiger partial charge in [0, 0.05) is 37.7 Å². The van der Waals surface area contributed by atoms with E-state index in [2.05, 4.69) is 9.97 Å². The Labute approximate surface area is 236 Å². The lowest BCUT2D eigenvalue weighted by Crippen LogP contribution is -2.41. The third-order valence-electron chi connectivity index (χ3n) is 7.19. The molecule has 0 unspecified atom stereocenters. The second kappa shape index (κ2) is 11.0. The number of fused-ring (bicyclic) bond motifs is 1. The fourth-order valence-corrected chi connectivity index (χ4v) is 4.53. The zero-order chi connectivity index (χ0) is 29.3. The minimum atomic E-state index is -1.27. The summed E-state index contributed by atoms with van der Waals surface area (Å²) in [6.45, 7) is 1.31. The number of primary amides is 1. The molecule has 1 saturated carbocycles. The number of ether oxygens (including phenoxy) is 1. The summed E-state index contributed by atoms with van der Waals surface area (Å²) in [6.07, 6.45) is 2.32. The molecule has 4 aromatic rings. The molecule has 1 aliphatic carbocycles. The summed E-state index contributed by atoms with van der Waals surface area (Å²) in [5.41, 5.74) is 6.10. The number of H-pyrrole nitrogens is 1. The molecule has 41 heavy (non-hydrogen) atoms. The Morgan fingerprint density at radius 1 is 0.976 bits per heavy atom. The number of pyridine rings is 1. The summed E-state index contributed by atoms with van der Waals surface area (Å²) in [5, 5.41) is 0.640. The van der Waals surface area contributed by atoms with Crippen molar-refractivity contribution < 1.29 is 23.5 Å². The van der Waals surface area contributed by atoms with E-state index in [1.807, 2.05) is 19.0 Å². The standard InChI is InChI=1S/C30H31FN6O4/c1-35(2)16-17-36(3)27(38)24-18-23-25(12-15-33-26(23)34-24)41-22-10-8-21(9-11-22)37(20-6-4-19(31)5-7-20)29(40)30(13-14-30)28(32)39/h4-12,15,18H,13-14,16-17H2,1-3H3,(H2,32,39)(H,33,34). The first-order valence-corrected chi connectivity index (χ1v) is 13.1. The van der Waals surface area contributed by atoms with Gasteiger partial charge in [-0.25, -0.2) is 9.37 Å². The van der Waals surface area contributed by atoms with Crippen LogP contribution in [-0.2, 0) is 9.59 Å². The summed E-state index contributed by atoms with van der Waals surface area (Å²) in [7, 11) is 5.65. The monoisotopic (exact) mass is 558 g/mol. The minimum Gasteiger partial charge on any atom is -0.457 e. The van der Waals surface area contributed by atoms with Crippen LogP contribution >= 0.6 is 0 Å². The predicted octanol–water partition coefficient (Wildman–Crippen LogP) is 4.06. The van der Waals surface area contributed by atoms with Crippen LogP contribution < -0.4 is 15.4 Å². The highest BCUT2D eigenvalue weighted by molar-refractivity contribution is 6.16. The Hall–Kier alpha value is -4.77. The van der Waals surface area contributed by atoms with E-state index in [0.717, 1.165) is 6.54 Å². The van der Waals surface area contributed by atoms with Crippen LogP contribution in [0.1, 0.15) is 23.3 Å². The van der Waals surface area contributed by atoms with Crippen LogP contribution in [0, 0.1) is 11.2 Å². The lowest BCUT2D eigenvalue weighted by molar-refractivity contribution is -0.133. The van der Waals surface area contributed by atoms with Crippen LogP contribution in [0.2, 0.25) is 0 Å². The number of hydrogen-bond acceptors (Lipinski definition) is 6. The number of nitrogens with two attached hydrogens (primary N) is 1. The highest BCUT2D eigenvalue weighted by atomic mass is 19.1. The highest BCUT2D eigenvalue weighted by Crippen LogP contribution is 2.49. The lowest BCUT2D eigenvalue weighted by atomic mass is 10.0. The molecule has 0 saturated heterocycles. The van der Waals surface area contributed by atoms with Crippen molar-refractivity contribution in [2.45, 2.75) is 12.8 Å². The van der Waals surface area contributed by atoms with Crippen LogP contribution in [0.15, 0.2) is 66.9 Å². The molecule has 2 aromatic carbocycles. The van der Waals surface area contributed by atoms with Gasteiger partial charge in [-0.2, -0.15) is 0 Å². The maximum atomic E-state index is 13.6. The number of nitrogens with one attached hydrogen (secondary N) is 1. The fraction of sp³-hybridized carbons (Fsp3) is 0.267. The number of rotatable bonds is 10. The number of likely N-dealkylation sites (N-methyl/N-ethyl adjacent to an activating group) is 2. The van der Waals surface area contributed by atoms with Crippen molar-refractivity contribution in [2.75, 3.05) is 39.1 Å². The topological polar surface area (TPSA) is 125 Å². The van der Waals surface area contributed by atoms with Crippen molar-refractivity contribution in [3.8, 4) is 11.5 Å². The van der Waals surface area contributed by atoms with Crippen molar-refractivity contribution in [1.82, 2.24) is 19.8 Å². The number of anilines is 2. The molecule has 5 rings (SSSR count). The quantitative estimate of drug-likeness (QED) is 0.283. The molecule has 212 valence electrons. The molecule has 1 fully saturated rings. The van der Waals surface area contributed by atoms with Crippen LogP contribution in [-0.4, -0.2) is 71.7 Å². The average molecular weight is 559 g/mol. The summed E-state index contributed by atoms with van der Waals surface area (Å²) in [5.74, 6) is -0.771. The number of nitrogens with zero attached hydrogens (tertiary/aromatic N) is 4. The maximum Gasteiger partial charge on any atom is 0.270 e. The smallest absolute Gasteiger partial charge is 0.270 e. The molecule has 10 nitrogen and oxygen atoms in total. The van der Waals surface area contributed by atoms with E-state index in [0.29, 0.717) is 59.0 Å². The van der Waals surface area contributed by atoms with E-state index in [1.165, 1.54) is 29.2 Å². The second-order valence-corrected chi connectivity index (χ2v) is 10.4. The zero-order valence-corrected chi connectivity index (χ0v) is 23.1. The van der Waals surface area contributed by atoms with E-state index in [9.17, 15) is 18.8 Å². The van der Waals surface area contributed by atoms with Gasteiger partial charge in [0.2, 0.25) is 11.8 Å². The molecule has 2 aromatic heterocycles. The van der Waals surface area contributed by atoms with Gasteiger partial charge >= 0.3 is 0 Å². The van der Waals surface area contributed by atoms with E-state index >= 15 is 0 Å². The number of carbonyl (C=O) groups is 3. The Morgan fingerprint density at radius 3 is 2.20 bits per heavy atom. The maximum absolute atomic E-state index is 13.6. The van der Waals surface area contributed by atoms with Gasteiger partial charge in [-0.15, -0.1) is 0 Å². The first kappa shape index (κ1) is 27.8. The van der Waals surface area contributed by atoms with E-state index in [-0.39, 0.29) is 5.91 Å². The number of halogens is 1. The summed E-state index contributed by atoms with van der Waals surface area (Å²) < 4.78 is 19.8. The number of aromatic nitrogens is 2. The van der Waals surface area contributed by atoms with Crippen molar-refractivity contribution in [2.24, 2.45) is 11.1 Å². The fourth-order valence-electron chi connectivity index (χ4n) is 4.53. The van der Waals surface area contributed by atoms with Crippen molar-refractivity contribution in [1.29, 1.82) is 0 Å². The second-order valence-electron chi connectivity index (χ2n) is 10.4. The Balaban J connectivity index is 1.40. The van der Waals surface area contributed by atoms with Crippen LogP contribution in [0.4, 0.5) is 15.8 Å². The molecular weight excluding hydrogens is 527 g/mol. The number of amides is 3.